The van der Waals surface area contributed by atoms with Crippen LogP contribution in [-0.4, -0.2) is 16.5 Å². The van der Waals surface area contributed by atoms with E-state index in [-0.39, 0.29) is 11.3 Å². The average molecular weight is 495 g/mol. The lowest BCUT2D eigenvalue weighted by Crippen LogP contribution is -2.56. The third kappa shape index (κ3) is 4.19. The minimum atomic E-state index is -0.884. The monoisotopic (exact) mass is 494 g/mol. The van der Waals surface area contributed by atoms with E-state index >= 15 is 0 Å². The van der Waals surface area contributed by atoms with Crippen LogP contribution in [0.2, 0.25) is 0 Å². The van der Waals surface area contributed by atoms with Crippen molar-refractivity contribution in [3.8, 4) is 23.0 Å². The van der Waals surface area contributed by atoms with Crippen molar-refractivity contribution in [3.63, 3.8) is 0 Å². The maximum atomic E-state index is 12.4. The Labute approximate surface area is 223 Å². The van der Waals surface area contributed by atoms with E-state index in [0.717, 1.165) is 43.1 Å². The average Bonchev–Trinajstić information content (AvgIpc) is 3.27. The van der Waals surface area contributed by atoms with Gasteiger partial charge in [-0.25, -0.2) is 0 Å². The van der Waals surface area contributed by atoms with Crippen molar-refractivity contribution in [2.45, 2.75) is 84.2 Å². The number of ketones is 1. The standard InChI is InChI=1S/C35H42O2/c1-24(36)30-15-16-31-29-14-13-28-23-35(37,22-21-33(28,2)32(29)18-19-34(30,31)3)20-17-25-9-11-27(12-10-25)26-7-5-4-6-8-26/h4-12,28-32,37H,13-16,18-19,21-23H2,1-3H3/t28?,29-,30+,31-,32-,33-,34+,35?/m0/s1. The molecule has 0 radical (unpaired) electrons. The van der Waals surface area contributed by atoms with E-state index in [1.807, 2.05) is 13.0 Å². The van der Waals surface area contributed by atoms with Crippen LogP contribution in [0.4, 0.5) is 0 Å². The molecule has 2 nitrogen and oxygen atoms in total. The van der Waals surface area contributed by atoms with Crippen LogP contribution in [0.3, 0.4) is 0 Å². The van der Waals surface area contributed by atoms with E-state index in [9.17, 15) is 9.90 Å². The first-order valence-electron chi connectivity index (χ1n) is 14.6. The summed E-state index contributed by atoms with van der Waals surface area (Å²) in [5.74, 6) is 10.1. The molecule has 0 spiro atoms. The van der Waals surface area contributed by atoms with Crippen molar-refractivity contribution >= 4 is 5.78 Å². The molecule has 6 rings (SSSR count). The highest BCUT2D eigenvalue weighted by Crippen LogP contribution is 2.68. The largest absolute Gasteiger partial charge is 0.378 e. The third-order valence-electron chi connectivity index (χ3n) is 11.6. The van der Waals surface area contributed by atoms with Gasteiger partial charge in [0.25, 0.3) is 0 Å². The second-order valence-corrected chi connectivity index (χ2v) is 13.4. The van der Waals surface area contributed by atoms with Gasteiger partial charge in [-0.2, -0.15) is 0 Å². The van der Waals surface area contributed by atoms with Crippen LogP contribution in [0.25, 0.3) is 11.1 Å². The van der Waals surface area contributed by atoms with Gasteiger partial charge in [-0.1, -0.05) is 68.2 Å². The van der Waals surface area contributed by atoms with E-state index in [1.165, 1.54) is 43.2 Å². The third-order valence-corrected chi connectivity index (χ3v) is 11.6. The van der Waals surface area contributed by atoms with E-state index < -0.39 is 5.60 Å². The fraction of sp³-hybridized carbons (Fsp3) is 0.571. The molecule has 194 valence electrons. The maximum absolute atomic E-state index is 12.4. The number of Topliss-reactive ketones (excluding diaryl/α,β-unsaturated/α-hetero) is 1. The number of hydrogen-bond donors (Lipinski definition) is 1. The molecule has 1 N–H and O–H groups in total. The molecule has 2 aromatic rings. The number of rotatable bonds is 2. The molecule has 0 heterocycles. The summed E-state index contributed by atoms with van der Waals surface area (Å²) < 4.78 is 0. The molecule has 0 bridgehead atoms. The summed E-state index contributed by atoms with van der Waals surface area (Å²) in [4.78, 5) is 12.4. The Hall–Kier alpha value is -2.37. The van der Waals surface area contributed by atoms with Gasteiger partial charge in [-0.15, -0.1) is 0 Å². The van der Waals surface area contributed by atoms with Crippen LogP contribution in [0, 0.1) is 52.3 Å². The maximum Gasteiger partial charge on any atom is 0.133 e. The molecule has 0 aromatic heterocycles. The van der Waals surface area contributed by atoms with Crippen LogP contribution in [0.5, 0.6) is 0 Å². The van der Waals surface area contributed by atoms with Gasteiger partial charge < -0.3 is 5.11 Å². The van der Waals surface area contributed by atoms with E-state index in [4.69, 9.17) is 0 Å². The lowest BCUT2D eigenvalue weighted by Gasteiger charge is -2.61. The van der Waals surface area contributed by atoms with Gasteiger partial charge in [-0.3, -0.25) is 4.79 Å². The first-order valence-corrected chi connectivity index (χ1v) is 14.6. The highest BCUT2D eigenvalue weighted by atomic mass is 16.3. The Balaban J connectivity index is 1.16. The molecule has 0 aliphatic heterocycles. The van der Waals surface area contributed by atoms with Crippen molar-refractivity contribution in [1.82, 2.24) is 0 Å². The SMILES string of the molecule is CC(=O)[C@H]1CC[C@H]2[C@@H]3CCC4CC(O)(C#Cc5ccc(-c6ccccc6)cc5)CC[C@]4(C)[C@H]3CC[C@]12C. The number of aliphatic hydroxyl groups is 1. The van der Waals surface area contributed by atoms with Crippen LogP contribution >= 0.6 is 0 Å². The summed E-state index contributed by atoms with van der Waals surface area (Å²) in [6.07, 6.45) is 9.90. The molecule has 4 saturated carbocycles. The Morgan fingerprint density at radius 2 is 1.51 bits per heavy atom. The first-order chi connectivity index (χ1) is 17.7. The number of fused-ring (bicyclic) bond motifs is 5. The van der Waals surface area contributed by atoms with Crippen molar-refractivity contribution in [2.75, 3.05) is 0 Å². The van der Waals surface area contributed by atoms with Crippen LogP contribution in [-0.2, 0) is 4.79 Å². The molecular weight excluding hydrogens is 452 g/mol. The molecule has 4 fully saturated rings. The minimum absolute atomic E-state index is 0.215. The zero-order chi connectivity index (χ0) is 25.8. The summed E-state index contributed by atoms with van der Waals surface area (Å²) in [6, 6.07) is 18.8. The van der Waals surface area contributed by atoms with Gasteiger partial charge in [0, 0.05) is 11.5 Å². The Morgan fingerprint density at radius 3 is 2.24 bits per heavy atom. The normalized spacial score (nSPS) is 40.5. The van der Waals surface area contributed by atoms with Crippen LogP contribution in [0.15, 0.2) is 54.6 Å². The smallest absolute Gasteiger partial charge is 0.133 e. The lowest BCUT2D eigenvalue weighted by atomic mass is 9.44. The van der Waals surface area contributed by atoms with Gasteiger partial charge in [-0.05, 0) is 122 Å². The Kier molecular flexibility index (Phi) is 6.15. The lowest BCUT2D eigenvalue weighted by molar-refractivity contribution is -0.144. The fourth-order valence-electron chi connectivity index (χ4n) is 9.59. The van der Waals surface area contributed by atoms with Crippen LogP contribution < -0.4 is 0 Å². The molecule has 4 aliphatic rings. The van der Waals surface area contributed by atoms with E-state index in [2.05, 4.69) is 74.2 Å². The second kappa shape index (κ2) is 9.13. The quantitative estimate of drug-likeness (QED) is 0.435. The molecule has 0 saturated heterocycles. The molecule has 2 aromatic carbocycles. The molecular formula is C35H42O2. The molecule has 4 aliphatic carbocycles. The van der Waals surface area contributed by atoms with Gasteiger partial charge in [0.05, 0.1) is 0 Å². The van der Waals surface area contributed by atoms with E-state index in [1.54, 1.807) is 0 Å². The predicted octanol–water partition coefficient (Wildman–Crippen LogP) is 7.68. The minimum Gasteiger partial charge on any atom is -0.378 e. The summed E-state index contributed by atoms with van der Waals surface area (Å²) in [6.45, 7) is 6.79. The van der Waals surface area contributed by atoms with E-state index in [0.29, 0.717) is 23.0 Å². The summed E-state index contributed by atoms with van der Waals surface area (Å²) in [5, 5.41) is 11.6. The molecule has 37 heavy (non-hydrogen) atoms. The van der Waals surface area contributed by atoms with Gasteiger partial charge in [0.2, 0.25) is 0 Å². The summed E-state index contributed by atoms with van der Waals surface area (Å²) in [7, 11) is 0. The molecule has 0 amide bonds. The van der Waals surface area contributed by atoms with Gasteiger partial charge in [0.1, 0.15) is 11.4 Å². The molecule has 2 unspecified atom stereocenters. The topological polar surface area (TPSA) is 37.3 Å². The first kappa shape index (κ1) is 24.9. The number of benzene rings is 2. The van der Waals surface area contributed by atoms with Crippen molar-refractivity contribution < 1.29 is 9.90 Å². The Morgan fingerprint density at radius 1 is 0.811 bits per heavy atom. The zero-order valence-corrected chi connectivity index (χ0v) is 22.8. The number of carbonyl (C=O) groups excluding carboxylic acids is 1. The number of carbonyl (C=O) groups is 1. The predicted molar refractivity (Wildman–Crippen MR) is 150 cm³/mol. The zero-order valence-electron chi connectivity index (χ0n) is 22.8. The highest BCUT2D eigenvalue weighted by Gasteiger charge is 2.61. The number of hydrogen-bond acceptors (Lipinski definition) is 2. The van der Waals surface area contributed by atoms with Crippen molar-refractivity contribution in [2.24, 2.45) is 40.4 Å². The van der Waals surface area contributed by atoms with Crippen molar-refractivity contribution in [1.29, 1.82) is 0 Å². The summed E-state index contributed by atoms with van der Waals surface area (Å²) >= 11 is 0. The van der Waals surface area contributed by atoms with Gasteiger partial charge in [0.15, 0.2) is 0 Å². The Bertz CT molecular complexity index is 1220. The highest BCUT2D eigenvalue weighted by molar-refractivity contribution is 5.79. The van der Waals surface area contributed by atoms with Crippen LogP contribution in [0.1, 0.15) is 84.1 Å². The van der Waals surface area contributed by atoms with Gasteiger partial charge >= 0.3 is 0 Å². The fourth-order valence-corrected chi connectivity index (χ4v) is 9.59. The summed E-state index contributed by atoms with van der Waals surface area (Å²) in [5.41, 5.74) is 3.00. The van der Waals surface area contributed by atoms with Crippen molar-refractivity contribution in [3.05, 3.63) is 60.2 Å². The molecule has 8 atom stereocenters. The molecule has 2 heteroatoms. The second-order valence-electron chi connectivity index (χ2n) is 13.4.